The number of rotatable bonds is 6. The number of nitrogens with zero attached hydrogens (tertiary/aromatic N) is 3. The third kappa shape index (κ3) is 6.85. The molecule has 0 spiro atoms. The molecule has 2 heterocycles. The Bertz CT molecular complexity index is 587. The highest BCUT2D eigenvalue weighted by atomic mass is 127. The normalized spacial score (nSPS) is 17.0. The zero-order valence-electron chi connectivity index (χ0n) is 14.5. The average molecular weight is 482 g/mol. The Morgan fingerprint density at radius 2 is 2.36 bits per heavy atom. The number of methoxy groups -OCH3 is 1. The van der Waals surface area contributed by atoms with Crippen molar-refractivity contribution >= 4 is 53.3 Å². The minimum absolute atomic E-state index is 0. The van der Waals surface area contributed by atoms with Crippen LogP contribution < -0.4 is 15.5 Å². The smallest absolute Gasteiger partial charge is 0.307 e. The third-order valence-corrected chi connectivity index (χ3v) is 4.02. The van der Waals surface area contributed by atoms with E-state index in [0.29, 0.717) is 17.5 Å². The van der Waals surface area contributed by atoms with E-state index in [2.05, 4.69) is 30.2 Å². The van der Waals surface area contributed by atoms with Crippen molar-refractivity contribution in [1.82, 2.24) is 15.6 Å². The minimum atomic E-state index is -0.258. The number of ether oxygens (including phenoxy) is 1. The van der Waals surface area contributed by atoms with Crippen molar-refractivity contribution in [3.63, 3.8) is 0 Å². The van der Waals surface area contributed by atoms with Gasteiger partial charge in [0.15, 0.2) is 5.96 Å². The molecule has 0 aliphatic carbocycles. The second-order valence-corrected chi connectivity index (χ2v) is 5.88. The number of esters is 1. The fourth-order valence-electron chi connectivity index (χ4n) is 2.55. The van der Waals surface area contributed by atoms with Gasteiger partial charge in [-0.1, -0.05) is 11.6 Å². The van der Waals surface area contributed by atoms with Gasteiger partial charge in [-0.2, -0.15) is 0 Å². The van der Waals surface area contributed by atoms with Gasteiger partial charge >= 0.3 is 5.97 Å². The number of aromatic nitrogens is 1. The number of halogens is 2. The Hall–Kier alpha value is -1.29. The van der Waals surface area contributed by atoms with Crippen LogP contribution in [0.4, 0.5) is 5.82 Å². The Balaban J connectivity index is 0.00000312. The van der Waals surface area contributed by atoms with Crippen LogP contribution in [0.3, 0.4) is 0 Å². The van der Waals surface area contributed by atoms with Gasteiger partial charge in [0.05, 0.1) is 25.1 Å². The van der Waals surface area contributed by atoms with E-state index in [1.165, 1.54) is 7.11 Å². The number of guanidine groups is 1. The summed E-state index contributed by atoms with van der Waals surface area (Å²) in [4.78, 5) is 22.1. The molecule has 1 fully saturated rings. The van der Waals surface area contributed by atoms with Crippen LogP contribution in [0.25, 0.3) is 0 Å². The monoisotopic (exact) mass is 481 g/mol. The maximum absolute atomic E-state index is 11.2. The van der Waals surface area contributed by atoms with Gasteiger partial charge in [0.1, 0.15) is 5.82 Å². The molecule has 0 bridgehead atoms. The standard InChI is InChI=1S/C16H24ClN5O2.HI/c1-3-18-16(20-9-6-14(23)24-2)21-12-7-10-22(11-12)15-13(17)5-4-8-19-15;/h4-5,8,12H,3,6-7,9-11H2,1-2H3,(H2,18,20,21);1H. The molecule has 0 radical (unpaired) electrons. The first-order valence-electron chi connectivity index (χ1n) is 8.11. The molecule has 2 rings (SSSR count). The van der Waals surface area contributed by atoms with Gasteiger partial charge in [-0.05, 0) is 25.5 Å². The fourth-order valence-corrected chi connectivity index (χ4v) is 2.80. The highest BCUT2D eigenvalue weighted by molar-refractivity contribution is 14.0. The number of nitrogens with one attached hydrogen (secondary N) is 2. The summed E-state index contributed by atoms with van der Waals surface area (Å²) >= 11 is 6.21. The topological polar surface area (TPSA) is 78.8 Å². The number of aliphatic imine (C=N–C) groups is 1. The quantitative estimate of drug-likeness (QED) is 0.280. The lowest BCUT2D eigenvalue weighted by Gasteiger charge is -2.20. The molecule has 1 aromatic heterocycles. The van der Waals surface area contributed by atoms with E-state index < -0.39 is 0 Å². The zero-order chi connectivity index (χ0) is 17.4. The number of anilines is 1. The summed E-state index contributed by atoms with van der Waals surface area (Å²) in [6.45, 7) is 4.84. The summed E-state index contributed by atoms with van der Waals surface area (Å²) in [5, 5.41) is 7.26. The summed E-state index contributed by atoms with van der Waals surface area (Å²) in [5.74, 6) is 1.27. The molecular weight excluding hydrogens is 457 g/mol. The summed E-state index contributed by atoms with van der Waals surface area (Å²) in [7, 11) is 1.38. The fraction of sp³-hybridized carbons (Fsp3) is 0.562. The van der Waals surface area contributed by atoms with Crippen molar-refractivity contribution in [1.29, 1.82) is 0 Å². The highest BCUT2D eigenvalue weighted by Gasteiger charge is 2.25. The molecule has 1 aliphatic rings. The average Bonchev–Trinajstić information content (AvgIpc) is 3.03. The summed E-state index contributed by atoms with van der Waals surface area (Å²) in [6.07, 6.45) is 2.99. The summed E-state index contributed by atoms with van der Waals surface area (Å²) in [5.41, 5.74) is 0. The molecule has 0 amide bonds. The maximum atomic E-state index is 11.2. The number of pyridine rings is 1. The largest absolute Gasteiger partial charge is 0.469 e. The van der Waals surface area contributed by atoms with Crippen molar-refractivity contribution in [2.75, 3.05) is 38.2 Å². The van der Waals surface area contributed by atoms with Crippen molar-refractivity contribution in [2.24, 2.45) is 4.99 Å². The van der Waals surface area contributed by atoms with Crippen molar-refractivity contribution < 1.29 is 9.53 Å². The second kappa shape index (κ2) is 11.3. The van der Waals surface area contributed by atoms with Crippen LogP contribution in [0.5, 0.6) is 0 Å². The van der Waals surface area contributed by atoms with Gasteiger partial charge in [0, 0.05) is 31.9 Å². The van der Waals surface area contributed by atoms with Crippen LogP contribution in [0.1, 0.15) is 19.8 Å². The SMILES string of the molecule is CCNC(=NCCC(=O)OC)NC1CCN(c2ncccc2Cl)C1.I. The predicted molar refractivity (Wildman–Crippen MR) is 111 cm³/mol. The highest BCUT2D eigenvalue weighted by Crippen LogP contribution is 2.25. The van der Waals surface area contributed by atoms with Gasteiger partial charge in [0.2, 0.25) is 0 Å². The molecule has 140 valence electrons. The van der Waals surface area contributed by atoms with Crippen LogP contribution in [0, 0.1) is 0 Å². The van der Waals surface area contributed by atoms with E-state index in [4.69, 9.17) is 11.6 Å². The first-order valence-corrected chi connectivity index (χ1v) is 8.49. The molecule has 1 aromatic rings. The lowest BCUT2D eigenvalue weighted by Crippen LogP contribution is -2.44. The Labute approximate surface area is 170 Å². The molecule has 0 aromatic carbocycles. The number of carbonyl (C=O) groups is 1. The Kier molecular flexibility index (Phi) is 9.88. The van der Waals surface area contributed by atoms with Gasteiger partial charge < -0.3 is 20.3 Å². The second-order valence-electron chi connectivity index (χ2n) is 5.47. The van der Waals surface area contributed by atoms with E-state index in [-0.39, 0.29) is 42.4 Å². The number of hydrogen-bond acceptors (Lipinski definition) is 5. The minimum Gasteiger partial charge on any atom is -0.469 e. The predicted octanol–water partition coefficient (Wildman–Crippen LogP) is 2.05. The lowest BCUT2D eigenvalue weighted by molar-refractivity contribution is -0.140. The van der Waals surface area contributed by atoms with Crippen LogP contribution in [-0.4, -0.2) is 56.2 Å². The van der Waals surface area contributed by atoms with E-state index >= 15 is 0 Å². The molecule has 2 N–H and O–H groups in total. The van der Waals surface area contributed by atoms with Gasteiger partial charge in [-0.25, -0.2) is 4.98 Å². The van der Waals surface area contributed by atoms with Gasteiger partial charge in [0.25, 0.3) is 0 Å². The van der Waals surface area contributed by atoms with Crippen molar-refractivity contribution in [2.45, 2.75) is 25.8 Å². The third-order valence-electron chi connectivity index (χ3n) is 3.73. The van der Waals surface area contributed by atoms with Crippen LogP contribution in [-0.2, 0) is 9.53 Å². The maximum Gasteiger partial charge on any atom is 0.307 e. The van der Waals surface area contributed by atoms with Gasteiger partial charge in [-0.15, -0.1) is 24.0 Å². The van der Waals surface area contributed by atoms with Gasteiger partial charge in [-0.3, -0.25) is 9.79 Å². The molecule has 1 atom stereocenters. The first-order chi connectivity index (χ1) is 11.6. The number of carbonyl (C=O) groups excluding carboxylic acids is 1. The van der Waals surface area contributed by atoms with Crippen LogP contribution in [0.15, 0.2) is 23.3 Å². The molecule has 7 nitrogen and oxygen atoms in total. The van der Waals surface area contributed by atoms with Crippen molar-refractivity contribution in [3.05, 3.63) is 23.4 Å². The van der Waals surface area contributed by atoms with E-state index in [1.54, 1.807) is 6.20 Å². The number of hydrogen-bond donors (Lipinski definition) is 2. The van der Waals surface area contributed by atoms with Crippen molar-refractivity contribution in [3.8, 4) is 0 Å². The summed E-state index contributed by atoms with van der Waals surface area (Å²) < 4.78 is 4.62. The van der Waals surface area contributed by atoms with Crippen LogP contribution in [0.2, 0.25) is 5.02 Å². The molecule has 0 saturated carbocycles. The molecule has 9 heteroatoms. The summed E-state index contributed by atoms with van der Waals surface area (Å²) in [6, 6.07) is 3.93. The Morgan fingerprint density at radius 1 is 1.56 bits per heavy atom. The lowest BCUT2D eigenvalue weighted by atomic mass is 10.3. The molecule has 1 saturated heterocycles. The zero-order valence-corrected chi connectivity index (χ0v) is 17.6. The first kappa shape index (κ1) is 21.8. The van der Waals surface area contributed by atoms with E-state index in [1.807, 2.05) is 19.1 Å². The molecule has 1 unspecified atom stereocenters. The molecule has 25 heavy (non-hydrogen) atoms. The molecule has 1 aliphatic heterocycles. The van der Waals surface area contributed by atoms with Crippen LogP contribution >= 0.6 is 35.6 Å². The molecular formula is C16H25ClIN5O2. The van der Waals surface area contributed by atoms with E-state index in [9.17, 15) is 4.79 Å². The Morgan fingerprint density at radius 3 is 3.04 bits per heavy atom. The van der Waals surface area contributed by atoms with E-state index in [0.717, 1.165) is 31.9 Å².